The topological polar surface area (TPSA) is 86.7 Å². The molecule has 2 aliphatic carbocycles. The van der Waals surface area contributed by atoms with Gasteiger partial charge in [-0.1, -0.05) is 36.4 Å². The van der Waals surface area contributed by atoms with E-state index in [1.54, 1.807) is 24.3 Å². The Morgan fingerprint density at radius 1 is 0.657 bits per heavy atom. The molecule has 1 fully saturated rings. The van der Waals surface area contributed by atoms with Gasteiger partial charge in [0.05, 0.1) is 11.8 Å². The molecule has 0 radical (unpaired) electrons. The van der Waals surface area contributed by atoms with Crippen molar-refractivity contribution in [3.63, 3.8) is 0 Å². The van der Waals surface area contributed by atoms with E-state index in [1.165, 1.54) is 0 Å². The van der Waals surface area contributed by atoms with Crippen molar-refractivity contribution in [1.29, 1.82) is 0 Å². The Morgan fingerprint density at radius 3 is 1.43 bits per heavy atom. The highest BCUT2D eigenvalue weighted by Gasteiger charge is 2.53. The van der Waals surface area contributed by atoms with Crippen molar-refractivity contribution in [2.75, 3.05) is 13.2 Å². The molecule has 2 aromatic rings. The van der Waals surface area contributed by atoms with Crippen molar-refractivity contribution < 1.29 is 28.7 Å². The lowest BCUT2D eigenvalue weighted by Crippen LogP contribution is -2.36. The highest BCUT2D eigenvalue weighted by molar-refractivity contribution is 5.99. The molecule has 2 bridgehead atoms. The summed E-state index contributed by atoms with van der Waals surface area (Å²) in [5, 5.41) is 0. The number of carbonyl (C=O) groups excluding carboxylic acids is 4. The lowest BCUT2D eigenvalue weighted by Gasteiger charge is -2.24. The van der Waals surface area contributed by atoms with Gasteiger partial charge in [0, 0.05) is 11.1 Å². The minimum atomic E-state index is -0.721. The fourth-order valence-corrected chi connectivity index (χ4v) is 4.93. The molecule has 0 unspecified atom stereocenters. The number of fused-ring (bicyclic) bond motifs is 2. The number of esters is 2. The minimum absolute atomic E-state index is 0.141. The first-order chi connectivity index (χ1) is 16.7. The van der Waals surface area contributed by atoms with Crippen LogP contribution in [0.1, 0.15) is 49.4 Å². The third kappa shape index (κ3) is 5.11. The zero-order chi connectivity index (χ0) is 25.3. The zero-order valence-corrected chi connectivity index (χ0v) is 20.5. The molecule has 6 nitrogen and oxygen atoms in total. The predicted octanol–water partition coefficient (Wildman–Crippen LogP) is 4.51. The number of ketones is 2. The molecule has 0 spiro atoms. The maximum atomic E-state index is 13.0. The van der Waals surface area contributed by atoms with Gasteiger partial charge in [-0.3, -0.25) is 19.2 Å². The molecule has 6 heteroatoms. The first-order valence-corrected chi connectivity index (χ1v) is 11.9. The zero-order valence-electron chi connectivity index (χ0n) is 20.5. The van der Waals surface area contributed by atoms with E-state index in [9.17, 15) is 19.2 Å². The highest BCUT2D eigenvalue weighted by Crippen LogP contribution is 2.49. The third-order valence-corrected chi connectivity index (χ3v) is 7.35. The molecule has 0 N–H and O–H groups in total. The quantitative estimate of drug-likeness (QED) is 0.318. The van der Waals surface area contributed by atoms with Gasteiger partial charge in [0.25, 0.3) is 0 Å². The van der Waals surface area contributed by atoms with Crippen LogP contribution < -0.4 is 0 Å². The van der Waals surface area contributed by atoms with Gasteiger partial charge >= 0.3 is 11.9 Å². The summed E-state index contributed by atoms with van der Waals surface area (Å²) in [5.74, 6) is -3.47. The van der Waals surface area contributed by atoms with Crippen molar-refractivity contribution >= 4 is 23.5 Å². The van der Waals surface area contributed by atoms with E-state index in [0.29, 0.717) is 17.5 Å². The summed E-state index contributed by atoms with van der Waals surface area (Å²) in [5.41, 5.74) is 5.08. The Balaban J connectivity index is 1.37. The number of hydrogen-bond acceptors (Lipinski definition) is 6. The number of hydrogen-bond donors (Lipinski definition) is 0. The molecule has 1 saturated carbocycles. The van der Waals surface area contributed by atoms with Crippen molar-refractivity contribution in [3.05, 3.63) is 81.9 Å². The first kappa shape index (κ1) is 24.6. The van der Waals surface area contributed by atoms with Gasteiger partial charge < -0.3 is 9.47 Å². The first-order valence-electron chi connectivity index (χ1n) is 11.9. The molecule has 0 aliphatic heterocycles. The summed E-state index contributed by atoms with van der Waals surface area (Å²) in [7, 11) is 0. The van der Waals surface area contributed by atoms with Crippen LogP contribution in [-0.4, -0.2) is 36.7 Å². The van der Waals surface area contributed by atoms with Crippen LogP contribution in [0.2, 0.25) is 0 Å². The van der Waals surface area contributed by atoms with Crippen LogP contribution in [0.15, 0.2) is 48.6 Å². The second kappa shape index (κ2) is 9.98. The van der Waals surface area contributed by atoms with Gasteiger partial charge in [0.2, 0.25) is 0 Å². The number of Topliss-reactive ketones (excluding diaryl/α,β-unsaturated/α-hetero) is 2. The summed E-state index contributed by atoms with van der Waals surface area (Å²) in [6.07, 6.45) is 4.49. The van der Waals surface area contributed by atoms with Crippen LogP contribution in [0, 0.1) is 51.4 Å². The molecule has 182 valence electrons. The molecular formula is C29H30O6. The van der Waals surface area contributed by atoms with Crippen LogP contribution in [0.4, 0.5) is 0 Å². The van der Waals surface area contributed by atoms with Crippen molar-refractivity contribution in [3.8, 4) is 0 Å². The average molecular weight is 475 g/mol. The summed E-state index contributed by atoms with van der Waals surface area (Å²) in [4.78, 5) is 51.0. The van der Waals surface area contributed by atoms with Gasteiger partial charge in [0.1, 0.15) is 0 Å². The van der Waals surface area contributed by atoms with Gasteiger partial charge in [-0.25, -0.2) is 0 Å². The Labute approximate surface area is 205 Å². The van der Waals surface area contributed by atoms with Gasteiger partial charge in [-0.15, -0.1) is 0 Å². The van der Waals surface area contributed by atoms with Gasteiger partial charge in [0.15, 0.2) is 24.8 Å². The molecule has 4 atom stereocenters. The average Bonchev–Trinajstić information content (AvgIpc) is 3.46. The van der Waals surface area contributed by atoms with Crippen molar-refractivity contribution in [2.24, 2.45) is 23.7 Å². The van der Waals surface area contributed by atoms with Gasteiger partial charge in [-0.2, -0.15) is 0 Å². The maximum Gasteiger partial charge on any atom is 0.310 e. The fourth-order valence-electron chi connectivity index (χ4n) is 4.93. The monoisotopic (exact) mass is 474 g/mol. The molecule has 0 saturated heterocycles. The maximum absolute atomic E-state index is 13.0. The van der Waals surface area contributed by atoms with E-state index in [0.717, 1.165) is 22.3 Å². The molecule has 35 heavy (non-hydrogen) atoms. The Morgan fingerprint density at radius 2 is 1.06 bits per heavy atom. The number of rotatable bonds is 8. The molecule has 4 rings (SSSR count). The van der Waals surface area contributed by atoms with Crippen LogP contribution in [0.3, 0.4) is 0 Å². The predicted molar refractivity (Wildman–Crippen MR) is 130 cm³/mol. The molecular weight excluding hydrogens is 444 g/mol. The van der Waals surface area contributed by atoms with Crippen LogP contribution in [-0.2, 0) is 19.1 Å². The Bertz CT molecular complexity index is 1130. The SMILES string of the molecule is Cc1ccc(C(=O)COC(=O)[C@@H]2[C@@H](C(=O)OCC(=O)c3ccc(C)c(C)c3)[C@H]3C=C[C@H]2C3)cc1C. The second-order valence-corrected chi connectivity index (χ2v) is 9.66. The molecule has 0 aromatic heterocycles. The Hall–Kier alpha value is -3.54. The van der Waals surface area contributed by atoms with Crippen molar-refractivity contribution in [2.45, 2.75) is 34.1 Å². The van der Waals surface area contributed by atoms with E-state index in [-0.39, 0.29) is 36.6 Å². The molecule has 0 amide bonds. The van der Waals surface area contributed by atoms with Crippen LogP contribution in [0.5, 0.6) is 0 Å². The summed E-state index contributed by atoms with van der Waals surface area (Å²) in [6.45, 7) is 6.99. The lowest BCUT2D eigenvalue weighted by atomic mass is 9.83. The molecule has 2 aromatic carbocycles. The molecule has 0 heterocycles. The number of aryl methyl sites for hydroxylation is 4. The van der Waals surface area contributed by atoms with E-state index in [4.69, 9.17) is 9.47 Å². The van der Waals surface area contributed by atoms with Crippen LogP contribution >= 0.6 is 0 Å². The van der Waals surface area contributed by atoms with Gasteiger partial charge in [-0.05, 0) is 80.3 Å². The summed E-state index contributed by atoms with van der Waals surface area (Å²) >= 11 is 0. The fraction of sp³-hybridized carbons (Fsp3) is 0.379. The van der Waals surface area contributed by atoms with E-state index in [2.05, 4.69) is 0 Å². The number of benzene rings is 2. The highest BCUT2D eigenvalue weighted by atomic mass is 16.5. The lowest BCUT2D eigenvalue weighted by molar-refractivity contribution is -0.160. The summed E-state index contributed by atoms with van der Waals surface area (Å²) < 4.78 is 10.7. The van der Waals surface area contributed by atoms with Crippen LogP contribution in [0.25, 0.3) is 0 Å². The number of carbonyl (C=O) groups is 4. The summed E-state index contributed by atoms with van der Waals surface area (Å²) in [6, 6.07) is 10.7. The molecule has 2 aliphatic rings. The largest absolute Gasteiger partial charge is 0.457 e. The van der Waals surface area contributed by atoms with Crippen molar-refractivity contribution in [1.82, 2.24) is 0 Å². The Kier molecular flexibility index (Phi) is 7.01. The minimum Gasteiger partial charge on any atom is -0.457 e. The smallest absolute Gasteiger partial charge is 0.310 e. The van der Waals surface area contributed by atoms with E-state index in [1.807, 2.05) is 52.0 Å². The number of ether oxygens (including phenoxy) is 2. The third-order valence-electron chi connectivity index (χ3n) is 7.35. The van der Waals surface area contributed by atoms with E-state index >= 15 is 0 Å². The number of allylic oxidation sites excluding steroid dienone is 2. The van der Waals surface area contributed by atoms with E-state index < -0.39 is 23.8 Å². The standard InChI is InChI=1S/C29H30O6/c1-16-5-7-20(11-18(16)3)24(30)14-34-28(32)26-22-9-10-23(13-22)27(26)29(33)35-15-25(31)21-8-6-17(2)19(4)12-21/h5-12,22-23,26-27H,13-15H2,1-4H3/t22-,23-,26-,27-/m0/s1. The normalized spacial score (nSPS) is 22.2. The second-order valence-electron chi connectivity index (χ2n) is 9.66.